The standard InChI is InChI=1S/C21H12F3N3O3/c22-21(23,24)11-5-6-17-15(9-11)26-18(30-17)14-7-8-25-10-16(14)27-19(28)12-3-1-2-4-13(12)20(27)29/h1-4,6-11H,5H2. The molecule has 6 nitrogen and oxygen atoms in total. The van der Waals surface area contributed by atoms with Gasteiger partial charge in [0.15, 0.2) is 5.42 Å². The number of carbonyl (C=O) groups excluding carboxylic acids is 2. The zero-order chi connectivity index (χ0) is 21.0. The van der Waals surface area contributed by atoms with Crippen LogP contribution in [-0.2, 0) is 0 Å². The third-order valence-electron chi connectivity index (χ3n) is 5.08. The number of oxazole rings is 1. The molecule has 0 radical (unpaired) electrons. The number of pyridine rings is 1. The highest BCUT2D eigenvalue weighted by molar-refractivity contribution is 6.35. The number of halogens is 3. The number of carbonyl (C=O) groups is 2. The molecule has 3 heterocycles. The molecular formula is C21H12F3N3O3. The molecule has 0 fully saturated rings. The Bertz CT molecular complexity index is 1290. The van der Waals surface area contributed by atoms with Crippen molar-refractivity contribution in [2.24, 2.45) is 5.92 Å². The van der Waals surface area contributed by atoms with Crippen LogP contribution in [0.2, 0.25) is 0 Å². The molecule has 1 aliphatic heterocycles. The number of hydrogen-bond donors (Lipinski definition) is 0. The summed E-state index contributed by atoms with van der Waals surface area (Å²) in [4.78, 5) is 34.8. The van der Waals surface area contributed by atoms with E-state index in [0.29, 0.717) is 0 Å². The molecule has 0 saturated carbocycles. The molecule has 2 aliphatic rings. The normalized spacial score (nSPS) is 18.0. The molecule has 1 atom stereocenters. The van der Waals surface area contributed by atoms with Crippen molar-refractivity contribution in [2.75, 3.05) is 4.90 Å². The van der Waals surface area contributed by atoms with Gasteiger partial charge < -0.3 is 4.42 Å². The number of imide groups is 1. The highest BCUT2D eigenvalue weighted by Gasteiger charge is 2.39. The fourth-order valence-corrected chi connectivity index (χ4v) is 3.60. The zero-order valence-corrected chi connectivity index (χ0v) is 15.2. The van der Waals surface area contributed by atoms with E-state index in [1.54, 1.807) is 24.3 Å². The number of rotatable bonds is 2. The molecule has 3 aromatic rings. The second kappa shape index (κ2) is 6.38. The van der Waals surface area contributed by atoms with Crippen LogP contribution in [0.1, 0.15) is 27.1 Å². The minimum absolute atomic E-state index is 0.00396. The molecule has 5 rings (SSSR count). The molecule has 150 valence electrons. The van der Waals surface area contributed by atoms with Gasteiger partial charge in [0.05, 0.1) is 34.5 Å². The molecule has 1 aromatic carbocycles. The monoisotopic (exact) mass is 411 g/mol. The van der Waals surface area contributed by atoms with Gasteiger partial charge in [-0.15, -0.1) is 0 Å². The number of anilines is 1. The number of amides is 2. The highest BCUT2D eigenvalue weighted by atomic mass is 19.4. The first-order valence-electron chi connectivity index (χ1n) is 9.02. The van der Waals surface area contributed by atoms with Crippen LogP contribution < -0.4 is 15.7 Å². The number of alkyl halides is 3. The van der Waals surface area contributed by atoms with Crippen molar-refractivity contribution in [1.82, 2.24) is 9.97 Å². The minimum atomic E-state index is -4.38. The molecule has 1 unspecified atom stereocenters. The van der Waals surface area contributed by atoms with Crippen LogP contribution in [0.3, 0.4) is 0 Å². The van der Waals surface area contributed by atoms with Gasteiger partial charge in [0.1, 0.15) is 5.35 Å². The topological polar surface area (TPSA) is 76.3 Å². The summed E-state index contributed by atoms with van der Waals surface area (Å²) in [5.74, 6) is -2.67. The number of hydrogen-bond acceptors (Lipinski definition) is 5. The van der Waals surface area contributed by atoms with Crippen molar-refractivity contribution in [1.29, 1.82) is 0 Å². The van der Waals surface area contributed by atoms with Crippen molar-refractivity contribution in [3.05, 3.63) is 64.6 Å². The van der Waals surface area contributed by atoms with Crippen LogP contribution in [-0.4, -0.2) is 28.0 Å². The first-order valence-corrected chi connectivity index (χ1v) is 9.02. The fourth-order valence-electron chi connectivity index (χ4n) is 3.60. The Labute approximate surface area is 167 Å². The SMILES string of the molecule is O=C1c2ccccc2C(=O)N1c1cnccc1-c1nc2c(o1)=CCC(C(F)(F)F)C=2. The molecule has 1 aliphatic carbocycles. The zero-order valence-electron chi connectivity index (χ0n) is 15.2. The Morgan fingerprint density at radius 2 is 1.73 bits per heavy atom. The summed E-state index contributed by atoms with van der Waals surface area (Å²) in [6.45, 7) is 0. The van der Waals surface area contributed by atoms with E-state index >= 15 is 0 Å². The summed E-state index contributed by atoms with van der Waals surface area (Å²) in [6.07, 6.45) is 0.485. The van der Waals surface area contributed by atoms with Gasteiger partial charge in [-0.2, -0.15) is 13.2 Å². The number of fused-ring (bicyclic) bond motifs is 2. The van der Waals surface area contributed by atoms with Gasteiger partial charge in [0, 0.05) is 6.20 Å². The van der Waals surface area contributed by atoms with Gasteiger partial charge in [0.2, 0.25) is 5.89 Å². The van der Waals surface area contributed by atoms with Gasteiger partial charge in [-0.05, 0) is 36.8 Å². The van der Waals surface area contributed by atoms with Gasteiger partial charge in [-0.1, -0.05) is 12.1 Å². The van der Waals surface area contributed by atoms with Crippen molar-refractivity contribution in [3.8, 4) is 11.5 Å². The van der Waals surface area contributed by atoms with E-state index in [4.69, 9.17) is 4.42 Å². The van der Waals surface area contributed by atoms with Gasteiger partial charge >= 0.3 is 6.18 Å². The summed E-state index contributed by atoms with van der Waals surface area (Å²) in [5.41, 5.74) is 1.17. The average Bonchev–Trinajstić information content (AvgIpc) is 3.26. The second-order valence-corrected chi connectivity index (χ2v) is 6.91. The van der Waals surface area contributed by atoms with Crippen molar-refractivity contribution >= 4 is 29.7 Å². The lowest BCUT2D eigenvalue weighted by Crippen LogP contribution is -2.32. The van der Waals surface area contributed by atoms with E-state index < -0.39 is 23.9 Å². The maximum atomic E-state index is 13.1. The smallest absolute Gasteiger partial charge is 0.395 e. The minimum Gasteiger partial charge on any atom is -0.436 e. The van der Waals surface area contributed by atoms with Gasteiger partial charge in [0.25, 0.3) is 11.8 Å². The quantitative estimate of drug-likeness (QED) is 0.606. The van der Waals surface area contributed by atoms with Crippen molar-refractivity contribution < 1.29 is 27.2 Å². The van der Waals surface area contributed by atoms with Gasteiger partial charge in [-0.3, -0.25) is 14.6 Å². The molecule has 9 heteroatoms. The Hall–Kier alpha value is -3.75. The Morgan fingerprint density at radius 1 is 1.03 bits per heavy atom. The summed E-state index contributed by atoms with van der Waals surface area (Å²) < 4.78 is 44.8. The third kappa shape index (κ3) is 2.73. The van der Waals surface area contributed by atoms with E-state index in [1.807, 2.05) is 0 Å². The van der Waals surface area contributed by atoms with Crippen molar-refractivity contribution in [3.63, 3.8) is 0 Å². The van der Waals surface area contributed by atoms with Crippen LogP contribution in [0.4, 0.5) is 18.9 Å². The Kier molecular flexibility index (Phi) is 3.89. The van der Waals surface area contributed by atoms with Crippen LogP contribution in [0.25, 0.3) is 23.6 Å². The average molecular weight is 411 g/mol. The predicted molar refractivity (Wildman–Crippen MR) is 99.7 cm³/mol. The van der Waals surface area contributed by atoms with E-state index in [1.165, 1.54) is 24.5 Å². The third-order valence-corrected chi connectivity index (χ3v) is 5.08. The molecule has 2 aromatic heterocycles. The first kappa shape index (κ1) is 18.3. The molecule has 0 bridgehead atoms. The van der Waals surface area contributed by atoms with Gasteiger partial charge in [-0.25, -0.2) is 9.88 Å². The lowest BCUT2D eigenvalue weighted by Gasteiger charge is -2.15. The maximum absolute atomic E-state index is 13.1. The predicted octanol–water partition coefficient (Wildman–Crippen LogP) is 2.68. The molecule has 30 heavy (non-hydrogen) atoms. The number of aromatic nitrogens is 2. The lowest BCUT2D eigenvalue weighted by atomic mass is 10.0. The summed E-state index contributed by atoms with van der Waals surface area (Å²) in [5, 5.41) is 0.0729. The Morgan fingerprint density at radius 3 is 2.40 bits per heavy atom. The van der Waals surface area contributed by atoms with E-state index in [-0.39, 0.29) is 45.5 Å². The molecule has 0 N–H and O–H groups in total. The molecule has 0 saturated heterocycles. The van der Waals surface area contributed by atoms with Crippen LogP contribution in [0, 0.1) is 5.92 Å². The van der Waals surface area contributed by atoms with E-state index in [2.05, 4.69) is 9.97 Å². The molecular weight excluding hydrogens is 399 g/mol. The largest absolute Gasteiger partial charge is 0.436 e. The van der Waals surface area contributed by atoms with E-state index in [9.17, 15) is 22.8 Å². The first-order chi connectivity index (χ1) is 14.3. The lowest BCUT2D eigenvalue weighted by molar-refractivity contribution is -0.155. The van der Waals surface area contributed by atoms with Crippen LogP contribution in [0.15, 0.2) is 47.1 Å². The maximum Gasteiger partial charge on any atom is 0.395 e. The highest BCUT2D eigenvalue weighted by Crippen LogP contribution is 2.35. The number of nitrogens with zero attached hydrogens (tertiary/aromatic N) is 3. The van der Waals surface area contributed by atoms with Crippen LogP contribution >= 0.6 is 0 Å². The summed E-state index contributed by atoms with van der Waals surface area (Å²) in [7, 11) is 0. The van der Waals surface area contributed by atoms with E-state index in [0.717, 1.165) is 11.0 Å². The molecule has 2 amide bonds. The number of benzene rings is 1. The summed E-state index contributed by atoms with van der Waals surface area (Å²) in [6, 6.07) is 7.91. The second-order valence-electron chi connectivity index (χ2n) is 6.91. The Balaban J connectivity index is 1.62. The molecule has 0 spiro atoms. The fraction of sp³-hybridized carbons (Fsp3) is 0.143. The van der Waals surface area contributed by atoms with Crippen molar-refractivity contribution in [2.45, 2.75) is 12.6 Å². The summed E-state index contributed by atoms with van der Waals surface area (Å²) >= 11 is 0. The van der Waals surface area contributed by atoms with Crippen LogP contribution in [0.5, 0.6) is 0 Å².